The molecule has 0 atom stereocenters. The highest BCUT2D eigenvalue weighted by Gasteiger charge is 2.10. The lowest BCUT2D eigenvalue weighted by atomic mass is 10.1. The number of aromatic nitrogens is 2. The summed E-state index contributed by atoms with van der Waals surface area (Å²) in [6, 6.07) is 7.63. The van der Waals surface area contributed by atoms with E-state index in [4.69, 9.17) is 16.3 Å². The van der Waals surface area contributed by atoms with Gasteiger partial charge in [0, 0.05) is 22.0 Å². The van der Waals surface area contributed by atoms with Gasteiger partial charge in [-0.15, -0.1) is 0 Å². The molecular weight excluding hydrogens is 248 g/mol. The number of aryl methyl sites for hydroxylation is 1. The van der Waals surface area contributed by atoms with Crippen molar-refractivity contribution in [1.82, 2.24) is 9.97 Å². The first-order valence-electron chi connectivity index (χ1n) is 5.59. The van der Waals surface area contributed by atoms with Crippen molar-refractivity contribution < 1.29 is 4.74 Å². The second-order valence-corrected chi connectivity index (χ2v) is 4.55. The van der Waals surface area contributed by atoms with E-state index in [2.05, 4.69) is 16.9 Å². The van der Waals surface area contributed by atoms with E-state index in [0.717, 1.165) is 27.4 Å². The summed E-state index contributed by atoms with van der Waals surface area (Å²) in [6.07, 6.45) is 1.73. The monoisotopic (exact) mass is 258 g/mol. The van der Waals surface area contributed by atoms with Crippen LogP contribution in [-0.2, 0) is 0 Å². The Morgan fingerprint density at radius 3 is 2.78 bits per heavy atom. The Bertz CT molecular complexity index is 755. The smallest absolute Gasteiger partial charge is 0.240 e. The van der Waals surface area contributed by atoms with Crippen molar-refractivity contribution in [2.45, 2.75) is 6.92 Å². The summed E-state index contributed by atoms with van der Waals surface area (Å²) in [6.45, 7) is 2.06. The molecule has 0 amide bonds. The quantitative estimate of drug-likeness (QED) is 0.624. The maximum Gasteiger partial charge on any atom is 0.240 e. The fraction of sp³-hybridized carbons (Fsp3) is 0.143. The van der Waals surface area contributed by atoms with Crippen molar-refractivity contribution in [3.63, 3.8) is 0 Å². The van der Waals surface area contributed by atoms with E-state index >= 15 is 0 Å². The zero-order valence-corrected chi connectivity index (χ0v) is 10.8. The van der Waals surface area contributed by atoms with Crippen molar-refractivity contribution in [3.8, 4) is 5.88 Å². The van der Waals surface area contributed by atoms with Crippen LogP contribution in [0.5, 0.6) is 5.88 Å². The van der Waals surface area contributed by atoms with Crippen molar-refractivity contribution in [1.29, 1.82) is 0 Å². The molecule has 0 N–H and O–H groups in total. The van der Waals surface area contributed by atoms with Gasteiger partial charge in [0.25, 0.3) is 0 Å². The third-order valence-corrected chi connectivity index (χ3v) is 3.32. The Kier molecular flexibility index (Phi) is 2.56. The number of pyridine rings is 2. The Hall–Kier alpha value is -1.87. The van der Waals surface area contributed by atoms with E-state index in [9.17, 15) is 0 Å². The van der Waals surface area contributed by atoms with Crippen molar-refractivity contribution in [2.75, 3.05) is 7.11 Å². The van der Waals surface area contributed by atoms with Crippen LogP contribution in [0.1, 0.15) is 5.56 Å². The second kappa shape index (κ2) is 4.10. The predicted octanol–water partition coefficient (Wildman–Crippen LogP) is 3.75. The Morgan fingerprint density at radius 2 is 2.00 bits per heavy atom. The molecule has 0 radical (unpaired) electrons. The molecule has 0 fully saturated rings. The highest BCUT2D eigenvalue weighted by molar-refractivity contribution is 6.31. The number of benzene rings is 1. The van der Waals surface area contributed by atoms with Crippen molar-refractivity contribution in [3.05, 3.63) is 41.0 Å². The number of nitrogens with zero attached hydrogens (tertiary/aromatic N) is 2. The summed E-state index contributed by atoms with van der Waals surface area (Å²) < 4.78 is 5.26. The molecule has 0 bridgehead atoms. The zero-order valence-electron chi connectivity index (χ0n) is 10.1. The van der Waals surface area contributed by atoms with Gasteiger partial charge in [-0.3, -0.25) is 0 Å². The normalized spacial score (nSPS) is 11.1. The largest absolute Gasteiger partial charge is 0.479 e. The average molecular weight is 259 g/mol. The Morgan fingerprint density at radius 1 is 1.17 bits per heavy atom. The van der Waals surface area contributed by atoms with E-state index < -0.39 is 0 Å². The van der Waals surface area contributed by atoms with E-state index in [-0.39, 0.29) is 0 Å². The van der Waals surface area contributed by atoms with E-state index in [1.807, 2.05) is 24.3 Å². The van der Waals surface area contributed by atoms with Crippen LogP contribution >= 0.6 is 11.6 Å². The molecule has 0 aliphatic rings. The topological polar surface area (TPSA) is 35.0 Å². The first kappa shape index (κ1) is 11.2. The predicted molar refractivity (Wildman–Crippen MR) is 73.3 cm³/mol. The number of methoxy groups -OCH3 is 1. The number of rotatable bonds is 1. The molecule has 2 aromatic heterocycles. The lowest BCUT2D eigenvalue weighted by Crippen LogP contribution is -1.94. The molecule has 0 saturated heterocycles. The van der Waals surface area contributed by atoms with Gasteiger partial charge in [-0.25, -0.2) is 9.97 Å². The van der Waals surface area contributed by atoms with E-state index in [0.29, 0.717) is 10.9 Å². The SMILES string of the molecule is COc1nccc2c(C)c3cc(Cl)ccc3nc12. The molecule has 0 unspecified atom stereocenters. The fourth-order valence-electron chi connectivity index (χ4n) is 2.17. The van der Waals surface area contributed by atoms with Crippen LogP contribution in [0.2, 0.25) is 5.02 Å². The summed E-state index contributed by atoms with van der Waals surface area (Å²) in [5, 5.41) is 2.81. The van der Waals surface area contributed by atoms with Crippen molar-refractivity contribution >= 4 is 33.4 Å². The summed E-state index contributed by atoms with van der Waals surface area (Å²) >= 11 is 6.04. The van der Waals surface area contributed by atoms with Gasteiger partial charge in [0.1, 0.15) is 5.52 Å². The van der Waals surface area contributed by atoms with Gasteiger partial charge in [-0.2, -0.15) is 0 Å². The maximum absolute atomic E-state index is 6.04. The Labute approximate surface area is 109 Å². The lowest BCUT2D eigenvalue weighted by Gasteiger charge is -2.09. The van der Waals surface area contributed by atoms with Crippen LogP contribution in [0.3, 0.4) is 0 Å². The number of hydrogen-bond donors (Lipinski definition) is 0. The fourth-order valence-corrected chi connectivity index (χ4v) is 2.34. The molecule has 0 spiro atoms. The molecular formula is C14H11ClN2O. The minimum absolute atomic E-state index is 0.549. The van der Waals surface area contributed by atoms with Gasteiger partial charge < -0.3 is 4.74 Å². The van der Waals surface area contributed by atoms with Gasteiger partial charge in [-0.05, 0) is 36.8 Å². The highest BCUT2D eigenvalue weighted by atomic mass is 35.5. The highest BCUT2D eigenvalue weighted by Crippen LogP contribution is 2.30. The molecule has 3 rings (SSSR count). The van der Waals surface area contributed by atoms with Gasteiger partial charge in [0.05, 0.1) is 12.6 Å². The number of ether oxygens (including phenoxy) is 1. The van der Waals surface area contributed by atoms with Gasteiger partial charge in [-0.1, -0.05) is 11.6 Å². The van der Waals surface area contributed by atoms with Crippen LogP contribution in [0.4, 0.5) is 0 Å². The van der Waals surface area contributed by atoms with Gasteiger partial charge in [0.2, 0.25) is 5.88 Å². The molecule has 2 heterocycles. The number of hydrogen-bond acceptors (Lipinski definition) is 3. The standard InChI is InChI=1S/C14H11ClN2O/c1-8-10-5-6-16-14(18-2)13(10)17-12-4-3-9(15)7-11(8)12/h3-7H,1-2H3. The molecule has 3 aromatic rings. The number of fused-ring (bicyclic) bond motifs is 2. The third-order valence-electron chi connectivity index (χ3n) is 3.08. The third kappa shape index (κ3) is 1.59. The summed E-state index contributed by atoms with van der Waals surface area (Å²) in [7, 11) is 1.60. The summed E-state index contributed by atoms with van der Waals surface area (Å²) in [5.41, 5.74) is 2.82. The zero-order chi connectivity index (χ0) is 12.7. The molecule has 90 valence electrons. The second-order valence-electron chi connectivity index (χ2n) is 4.11. The molecule has 0 saturated carbocycles. The maximum atomic E-state index is 6.04. The van der Waals surface area contributed by atoms with E-state index in [1.165, 1.54) is 0 Å². The van der Waals surface area contributed by atoms with Crippen LogP contribution in [0.25, 0.3) is 21.8 Å². The van der Waals surface area contributed by atoms with Gasteiger partial charge in [0.15, 0.2) is 0 Å². The first-order chi connectivity index (χ1) is 8.70. The molecule has 1 aromatic carbocycles. The summed E-state index contributed by atoms with van der Waals surface area (Å²) in [5.74, 6) is 0.549. The minimum Gasteiger partial charge on any atom is -0.479 e. The van der Waals surface area contributed by atoms with E-state index in [1.54, 1.807) is 13.3 Å². The molecule has 3 nitrogen and oxygen atoms in total. The van der Waals surface area contributed by atoms with Crippen LogP contribution in [0.15, 0.2) is 30.5 Å². The van der Waals surface area contributed by atoms with Gasteiger partial charge >= 0.3 is 0 Å². The Balaban J connectivity index is 2.52. The van der Waals surface area contributed by atoms with Crippen molar-refractivity contribution in [2.24, 2.45) is 0 Å². The minimum atomic E-state index is 0.549. The molecule has 0 aliphatic carbocycles. The molecule has 0 aliphatic heterocycles. The molecule has 4 heteroatoms. The average Bonchev–Trinajstić information content (AvgIpc) is 2.39. The molecule has 18 heavy (non-hydrogen) atoms. The van der Waals surface area contributed by atoms with Crippen LogP contribution in [-0.4, -0.2) is 17.1 Å². The van der Waals surface area contributed by atoms with Crippen LogP contribution in [0, 0.1) is 6.92 Å². The first-order valence-corrected chi connectivity index (χ1v) is 5.97. The summed E-state index contributed by atoms with van der Waals surface area (Å²) in [4.78, 5) is 8.78. The number of halogens is 1. The van der Waals surface area contributed by atoms with Crippen LogP contribution < -0.4 is 4.74 Å². The lowest BCUT2D eigenvalue weighted by molar-refractivity contribution is 0.402.